The fraction of sp³-hybridized carbons (Fsp3) is 0. The molecule has 0 heterocycles. The van der Waals surface area contributed by atoms with E-state index in [1.165, 1.54) is 42.6 Å². The van der Waals surface area contributed by atoms with Gasteiger partial charge in [-0.15, -0.1) is 0 Å². The Morgan fingerprint density at radius 1 is 1.03 bits per heavy atom. The smallest absolute Gasteiger partial charge is 0.335 e. The Morgan fingerprint density at radius 3 is 2.32 bits per heavy atom. The van der Waals surface area contributed by atoms with Crippen molar-refractivity contribution in [1.82, 2.24) is 0 Å². The van der Waals surface area contributed by atoms with E-state index in [2.05, 4.69) is 15.2 Å². The molecule has 0 aliphatic carbocycles. The summed E-state index contributed by atoms with van der Waals surface area (Å²) in [5.41, 5.74) is 3.01. The van der Waals surface area contributed by atoms with Gasteiger partial charge in [0, 0.05) is 11.8 Å². The first-order valence-electron chi connectivity index (χ1n) is 8.75. The van der Waals surface area contributed by atoms with E-state index >= 15 is 0 Å². The molecule has 0 amide bonds. The van der Waals surface area contributed by atoms with Crippen molar-refractivity contribution in [2.45, 2.75) is 4.90 Å². The summed E-state index contributed by atoms with van der Waals surface area (Å²) in [6.45, 7) is 0. The van der Waals surface area contributed by atoms with Crippen LogP contribution in [0.3, 0.4) is 0 Å². The van der Waals surface area contributed by atoms with Crippen LogP contribution < -0.4 is 10.1 Å². The number of anilines is 2. The molecule has 158 valence electrons. The lowest BCUT2D eigenvalue weighted by atomic mass is 10.1. The average molecular weight is 440 g/mol. The number of nitro groups is 1. The third kappa shape index (κ3) is 5.42. The number of rotatable bonds is 8. The first kappa shape index (κ1) is 21.5. The highest BCUT2D eigenvalue weighted by Crippen LogP contribution is 2.28. The molecule has 31 heavy (non-hydrogen) atoms. The molecule has 0 radical (unpaired) electrons. The molecule has 0 bridgehead atoms. The van der Waals surface area contributed by atoms with Crippen molar-refractivity contribution in [3.8, 4) is 0 Å². The molecule has 3 aromatic rings. The summed E-state index contributed by atoms with van der Waals surface area (Å²) in [6.07, 6.45) is 1.34. The van der Waals surface area contributed by atoms with Gasteiger partial charge in [-0.05, 0) is 42.0 Å². The number of sulfonamides is 1. The highest BCUT2D eigenvalue weighted by molar-refractivity contribution is 7.92. The third-order valence-electron chi connectivity index (χ3n) is 4.06. The van der Waals surface area contributed by atoms with Gasteiger partial charge in [-0.25, -0.2) is 13.2 Å². The molecule has 10 nitrogen and oxygen atoms in total. The minimum Gasteiger partial charge on any atom is -0.478 e. The number of hydrogen-bond acceptors (Lipinski definition) is 7. The van der Waals surface area contributed by atoms with Gasteiger partial charge in [0.05, 0.1) is 21.6 Å². The lowest BCUT2D eigenvalue weighted by molar-refractivity contribution is -0.384. The first-order chi connectivity index (χ1) is 14.8. The minimum atomic E-state index is -4.03. The van der Waals surface area contributed by atoms with E-state index < -0.39 is 26.6 Å². The van der Waals surface area contributed by atoms with Crippen molar-refractivity contribution < 1.29 is 23.2 Å². The second-order valence-corrected chi connectivity index (χ2v) is 7.89. The van der Waals surface area contributed by atoms with Crippen molar-refractivity contribution >= 4 is 39.3 Å². The molecular weight excluding hydrogens is 424 g/mol. The summed E-state index contributed by atoms with van der Waals surface area (Å²) in [7, 11) is -4.03. The maximum Gasteiger partial charge on any atom is 0.335 e. The molecule has 3 aromatic carbocycles. The lowest BCUT2D eigenvalue weighted by Crippen LogP contribution is -2.13. The topological polar surface area (TPSA) is 151 Å². The van der Waals surface area contributed by atoms with Crippen LogP contribution in [0.5, 0.6) is 0 Å². The maximum atomic E-state index is 12.5. The number of hydrogen-bond donors (Lipinski definition) is 3. The van der Waals surface area contributed by atoms with Crippen molar-refractivity contribution in [1.29, 1.82) is 0 Å². The molecule has 3 N–H and O–H groups in total. The normalized spacial score (nSPS) is 11.2. The quantitative estimate of drug-likeness (QED) is 0.275. The molecule has 0 spiro atoms. The van der Waals surface area contributed by atoms with Gasteiger partial charge in [0.1, 0.15) is 5.69 Å². The number of nitro benzene ring substituents is 1. The Balaban J connectivity index is 1.80. The second-order valence-electron chi connectivity index (χ2n) is 6.20. The predicted molar refractivity (Wildman–Crippen MR) is 115 cm³/mol. The van der Waals surface area contributed by atoms with Gasteiger partial charge in [0.25, 0.3) is 15.7 Å². The zero-order chi connectivity index (χ0) is 22.4. The summed E-state index contributed by atoms with van der Waals surface area (Å²) in [4.78, 5) is 21.3. The monoisotopic (exact) mass is 440 g/mol. The molecule has 0 aliphatic rings. The summed E-state index contributed by atoms with van der Waals surface area (Å²) in [5.74, 6) is -1.06. The van der Waals surface area contributed by atoms with Crippen molar-refractivity contribution in [2.24, 2.45) is 5.10 Å². The molecular formula is C20H16N4O6S. The SMILES string of the molecule is O=C(O)c1ccc(/C=N/Nc2ccc(S(=O)(=O)Nc3ccccc3)cc2[N+](=O)[O-])cc1. The molecule has 3 rings (SSSR count). The molecule has 11 heteroatoms. The Labute approximate surface area is 177 Å². The summed E-state index contributed by atoms with van der Waals surface area (Å²) in [5, 5.41) is 24.2. The predicted octanol–water partition coefficient (Wildman–Crippen LogP) is 3.54. The van der Waals surface area contributed by atoms with Gasteiger partial charge in [0.2, 0.25) is 0 Å². The number of aromatic carboxylic acids is 1. The van der Waals surface area contributed by atoms with Crippen molar-refractivity contribution in [2.75, 3.05) is 10.1 Å². The average Bonchev–Trinajstić information content (AvgIpc) is 2.74. The number of hydrazone groups is 1. The van der Waals surface area contributed by atoms with Crippen LogP contribution in [0, 0.1) is 10.1 Å². The minimum absolute atomic E-state index is 0.0120. The van der Waals surface area contributed by atoms with Crippen LogP contribution in [-0.2, 0) is 10.0 Å². The van der Waals surface area contributed by atoms with Crippen LogP contribution in [0.25, 0.3) is 0 Å². The lowest BCUT2D eigenvalue weighted by Gasteiger charge is -2.09. The highest BCUT2D eigenvalue weighted by atomic mass is 32.2. The van der Waals surface area contributed by atoms with E-state index in [1.54, 1.807) is 30.3 Å². The van der Waals surface area contributed by atoms with Crippen LogP contribution in [0.4, 0.5) is 17.1 Å². The number of nitrogens with one attached hydrogen (secondary N) is 2. The van der Waals surface area contributed by atoms with E-state index in [9.17, 15) is 23.3 Å². The summed E-state index contributed by atoms with van der Waals surface area (Å²) < 4.78 is 27.4. The number of benzene rings is 3. The van der Waals surface area contributed by atoms with Gasteiger partial charge in [-0.1, -0.05) is 30.3 Å². The maximum absolute atomic E-state index is 12.5. The van der Waals surface area contributed by atoms with Crippen LogP contribution in [-0.4, -0.2) is 30.6 Å². The third-order valence-corrected chi connectivity index (χ3v) is 5.44. The molecule has 0 saturated carbocycles. The van der Waals surface area contributed by atoms with Crippen LogP contribution >= 0.6 is 0 Å². The van der Waals surface area contributed by atoms with Gasteiger partial charge in [-0.3, -0.25) is 20.3 Å². The molecule has 0 atom stereocenters. The molecule has 0 fully saturated rings. The first-order valence-corrected chi connectivity index (χ1v) is 10.2. The summed E-state index contributed by atoms with van der Waals surface area (Å²) in [6, 6.07) is 17.4. The van der Waals surface area contributed by atoms with E-state index in [0.717, 1.165) is 6.07 Å². The standard InChI is InChI=1S/C20H16N4O6S/c25-20(26)15-8-6-14(7-9-15)13-21-22-18-11-10-17(12-19(18)24(27)28)31(29,30)23-16-4-2-1-3-5-16/h1-13,22-23H,(H,25,26)/b21-13+. The Hall–Kier alpha value is -4.25. The van der Waals surface area contributed by atoms with Gasteiger partial charge in [0.15, 0.2) is 0 Å². The largest absolute Gasteiger partial charge is 0.478 e. The van der Waals surface area contributed by atoms with Gasteiger partial charge >= 0.3 is 5.97 Å². The van der Waals surface area contributed by atoms with Gasteiger partial charge < -0.3 is 5.11 Å². The zero-order valence-corrected chi connectivity index (χ0v) is 16.6. The van der Waals surface area contributed by atoms with Crippen molar-refractivity contribution in [3.05, 3.63) is 94.0 Å². The fourth-order valence-corrected chi connectivity index (χ4v) is 3.61. The van der Waals surface area contributed by atoms with Crippen LogP contribution in [0.1, 0.15) is 15.9 Å². The number of carbonyl (C=O) groups is 1. The molecule has 0 saturated heterocycles. The molecule has 0 aliphatic heterocycles. The number of carboxylic acids is 1. The molecule has 0 unspecified atom stereocenters. The Morgan fingerprint density at radius 2 is 1.71 bits per heavy atom. The van der Waals surface area contributed by atoms with Crippen LogP contribution in [0.2, 0.25) is 0 Å². The highest BCUT2D eigenvalue weighted by Gasteiger charge is 2.21. The Kier molecular flexibility index (Phi) is 6.26. The fourth-order valence-electron chi connectivity index (χ4n) is 2.53. The van der Waals surface area contributed by atoms with Gasteiger partial charge in [-0.2, -0.15) is 5.10 Å². The van der Waals surface area contributed by atoms with Crippen molar-refractivity contribution in [3.63, 3.8) is 0 Å². The molecule has 0 aromatic heterocycles. The van der Waals surface area contributed by atoms with E-state index in [-0.39, 0.29) is 16.1 Å². The number of nitrogens with zero attached hydrogens (tertiary/aromatic N) is 2. The number of para-hydroxylation sites is 1. The Bertz CT molecular complexity index is 1240. The van der Waals surface area contributed by atoms with E-state index in [1.807, 2.05) is 0 Å². The van der Waals surface area contributed by atoms with E-state index in [4.69, 9.17) is 5.11 Å². The van der Waals surface area contributed by atoms with Crippen LogP contribution in [0.15, 0.2) is 82.8 Å². The summed E-state index contributed by atoms with van der Waals surface area (Å²) >= 11 is 0. The second kappa shape index (κ2) is 9.05. The number of carboxylic acid groups (broad SMARTS) is 1. The zero-order valence-electron chi connectivity index (χ0n) is 15.8. The van der Waals surface area contributed by atoms with E-state index in [0.29, 0.717) is 11.3 Å².